The van der Waals surface area contributed by atoms with Gasteiger partial charge in [-0.05, 0) is 26.0 Å². The molecule has 1 aromatic carbocycles. The predicted octanol–water partition coefficient (Wildman–Crippen LogP) is 3.70. The lowest BCUT2D eigenvalue weighted by Gasteiger charge is -2.01. The Kier molecular flexibility index (Phi) is 3.20. The van der Waals surface area contributed by atoms with Crippen molar-refractivity contribution in [2.24, 2.45) is 4.99 Å². The van der Waals surface area contributed by atoms with Gasteiger partial charge in [-0.25, -0.2) is 14.8 Å². The van der Waals surface area contributed by atoms with Gasteiger partial charge in [0.25, 0.3) is 0 Å². The molecule has 3 aromatic rings. The molecule has 20 heavy (non-hydrogen) atoms. The zero-order chi connectivity index (χ0) is 14.1. The second kappa shape index (κ2) is 5.02. The minimum absolute atomic E-state index is 0.377. The van der Waals surface area contributed by atoms with E-state index < -0.39 is 0 Å². The van der Waals surface area contributed by atoms with E-state index in [4.69, 9.17) is 4.42 Å². The van der Waals surface area contributed by atoms with Gasteiger partial charge in [0.1, 0.15) is 5.58 Å². The standard InChI is InChI=1S/C15H12N2O2S/c1-9-8-16-15(20-9)17-10(2)12-7-11-5-3-4-6-13(11)19-14(12)18/h3-8H,1-2H3. The molecule has 3 rings (SSSR count). The molecule has 0 aliphatic heterocycles. The summed E-state index contributed by atoms with van der Waals surface area (Å²) in [4.78, 5) is 21.6. The fourth-order valence-corrected chi connectivity index (χ4v) is 2.59. The van der Waals surface area contributed by atoms with Crippen LogP contribution in [0.2, 0.25) is 0 Å². The number of aryl methyl sites for hydroxylation is 1. The molecular formula is C15H12N2O2S. The van der Waals surface area contributed by atoms with Crippen molar-refractivity contribution in [3.63, 3.8) is 0 Å². The average Bonchev–Trinajstić information content (AvgIpc) is 2.83. The summed E-state index contributed by atoms with van der Waals surface area (Å²) in [7, 11) is 0. The van der Waals surface area contributed by atoms with Crippen LogP contribution in [0.15, 0.2) is 50.7 Å². The SMILES string of the molecule is CC(=Nc1ncc(C)s1)c1cc2ccccc2oc1=O. The average molecular weight is 284 g/mol. The van der Waals surface area contributed by atoms with Crippen LogP contribution in [0.3, 0.4) is 0 Å². The minimum atomic E-state index is -0.377. The Morgan fingerprint density at radius 2 is 2.15 bits per heavy atom. The van der Waals surface area contributed by atoms with Gasteiger partial charge in [0.15, 0.2) is 0 Å². The van der Waals surface area contributed by atoms with Gasteiger partial charge in [-0.15, -0.1) is 11.3 Å². The monoisotopic (exact) mass is 284 g/mol. The quantitative estimate of drug-likeness (QED) is 0.532. The molecule has 100 valence electrons. The van der Waals surface area contributed by atoms with Crippen molar-refractivity contribution < 1.29 is 4.42 Å². The Morgan fingerprint density at radius 3 is 2.90 bits per heavy atom. The maximum Gasteiger partial charge on any atom is 0.345 e. The highest BCUT2D eigenvalue weighted by Crippen LogP contribution is 2.21. The number of hydrogen-bond acceptors (Lipinski definition) is 5. The van der Waals surface area contributed by atoms with E-state index in [1.807, 2.05) is 25.1 Å². The molecule has 0 bridgehead atoms. The van der Waals surface area contributed by atoms with E-state index in [2.05, 4.69) is 9.98 Å². The largest absolute Gasteiger partial charge is 0.422 e. The van der Waals surface area contributed by atoms with Gasteiger partial charge in [-0.3, -0.25) is 0 Å². The fourth-order valence-electron chi connectivity index (χ4n) is 1.91. The molecule has 0 N–H and O–H groups in total. The zero-order valence-electron chi connectivity index (χ0n) is 11.1. The molecule has 2 aromatic heterocycles. The Balaban J connectivity index is 2.11. The summed E-state index contributed by atoms with van der Waals surface area (Å²) < 4.78 is 5.30. The van der Waals surface area contributed by atoms with Gasteiger partial charge in [0.2, 0.25) is 5.13 Å². The third-order valence-corrected chi connectivity index (χ3v) is 3.71. The number of para-hydroxylation sites is 1. The van der Waals surface area contributed by atoms with E-state index in [1.54, 1.807) is 25.3 Å². The van der Waals surface area contributed by atoms with Crippen LogP contribution in [0.1, 0.15) is 17.4 Å². The van der Waals surface area contributed by atoms with Crippen LogP contribution in [-0.2, 0) is 0 Å². The number of fused-ring (bicyclic) bond motifs is 1. The Bertz CT molecular complexity index is 861. The van der Waals surface area contributed by atoms with Gasteiger partial charge in [-0.1, -0.05) is 18.2 Å². The second-order valence-electron chi connectivity index (χ2n) is 4.44. The molecule has 0 saturated carbocycles. The molecule has 0 unspecified atom stereocenters. The Hall–Kier alpha value is -2.27. The lowest BCUT2D eigenvalue weighted by Crippen LogP contribution is -2.11. The number of benzene rings is 1. The molecule has 0 amide bonds. The van der Waals surface area contributed by atoms with Gasteiger partial charge in [0, 0.05) is 16.5 Å². The van der Waals surface area contributed by atoms with E-state index in [0.29, 0.717) is 22.0 Å². The Morgan fingerprint density at radius 1 is 1.35 bits per heavy atom. The first kappa shape index (κ1) is 12.7. The summed E-state index contributed by atoms with van der Waals surface area (Å²) in [6.45, 7) is 3.76. The number of aliphatic imine (C=N–C) groups is 1. The van der Waals surface area contributed by atoms with Crippen LogP contribution in [0.4, 0.5) is 5.13 Å². The number of nitrogens with zero attached hydrogens (tertiary/aromatic N) is 2. The van der Waals surface area contributed by atoms with E-state index >= 15 is 0 Å². The van der Waals surface area contributed by atoms with Crippen molar-refractivity contribution in [2.45, 2.75) is 13.8 Å². The molecule has 0 aliphatic rings. The highest BCUT2D eigenvalue weighted by Gasteiger charge is 2.09. The first-order chi connectivity index (χ1) is 9.63. The van der Waals surface area contributed by atoms with E-state index in [1.165, 1.54) is 11.3 Å². The van der Waals surface area contributed by atoms with E-state index in [0.717, 1.165) is 10.3 Å². The highest BCUT2D eigenvalue weighted by molar-refractivity contribution is 7.15. The zero-order valence-corrected chi connectivity index (χ0v) is 11.9. The lowest BCUT2D eigenvalue weighted by molar-refractivity contribution is 0.559. The molecule has 5 heteroatoms. The molecule has 0 aliphatic carbocycles. The van der Waals surface area contributed by atoms with Crippen LogP contribution in [0, 0.1) is 6.92 Å². The van der Waals surface area contributed by atoms with Crippen molar-refractivity contribution in [3.8, 4) is 0 Å². The summed E-state index contributed by atoms with van der Waals surface area (Å²) in [5.74, 6) is 0. The number of rotatable bonds is 2. The third-order valence-electron chi connectivity index (χ3n) is 2.90. The predicted molar refractivity (Wildman–Crippen MR) is 81.2 cm³/mol. The maximum atomic E-state index is 12.0. The van der Waals surface area contributed by atoms with Crippen LogP contribution >= 0.6 is 11.3 Å². The van der Waals surface area contributed by atoms with E-state index in [-0.39, 0.29) is 5.63 Å². The molecule has 0 radical (unpaired) electrons. The van der Waals surface area contributed by atoms with Crippen LogP contribution in [0.5, 0.6) is 0 Å². The first-order valence-corrected chi connectivity index (χ1v) is 6.96. The van der Waals surface area contributed by atoms with Crippen LogP contribution in [-0.4, -0.2) is 10.7 Å². The Labute approximate surface area is 119 Å². The normalized spacial score (nSPS) is 12.0. The van der Waals surface area contributed by atoms with Crippen molar-refractivity contribution >= 4 is 33.1 Å². The molecule has 0 atom stereocenters. The van der Waals surface area contributed by atoms with Gasteiger partial charge >= 0.3 is 5.63 Å². The topological polar surface area (TPSA) is 55.5 Å². The summed E-state index contributed by atoms with van der Waals surface area (Å²) in [6, 6.07) is 9.23. The maximum absolute atomic E-state index is 12.0. The third kappa shape index (κ3) is 2.40. The molecule has 0 fully saturated rings. The smallest absolute Gasteiger partial charge is 0.345 e. The summed E-state index contributed by atoms with van der Waals surface area (Å²) in [6.07, 6.45) is 1.76. The molecule has 0 saturated heterocycles. The minimum Gasteiger partial charge on any atom is -0.422 e. The van der Waals surface area contributed by atoms with Gasteiger partial charge in [0.05, 0.1) is 11.3 Å². The number of aromatic nitrogens is 1. The summed E-state index contributed by atoms with van der Waals surface area (Å²) in [5.41, 5.74) is 1.28. The molecule has 0 spiro atoms. The van der Waals surface area contributed by atoms with Crippen molar-refractivity contribution in [3.05, 3.63) is 57.4 Å². The lowest BCUT2D eigenvalue weighted by atomic mass is 10.1. The fraction of sp³-hybridized carbons (Fsp3) is 0.133. The van der Waals surface area contributed by atoms with Gasteiger partial charge in [-0.2, -0.15) is 0 Å². The first-order valence-electron chi connectivity index (χ1n) is 6.14. The van der Waals surface area contributed by atoms with Crippen LogP contribution in [0.25, 0.3) is 11.0 Å². The summed E-state index contributed by atoms with van der Waals surface area (Å²) >= 11 is 1.49. The van der Waals surface area contributed by atoms with Crippen LogP contribution < -0.4 is 5.63 Å². The van der Waals surface area contributed by atoms with E-state index in [9.17, 15) is 4.79 Å². The van der Waals surface area contributed by atoms with Crippen molar-refractivity contribution in [2.75, 3.05) is 0 Å². The van der Waals surface area contributed by atoms with Gasteiger partial charge < -0.3 is 4.42 Å². The molecule has 4 nitrogen and oxygen atoms in total. The number of hydrogen-bond donors (Lipinski definition) is 0. The second-order valence-corrected chi connectivity index (χ2v) is 5.65. The number of thiazole rings is 1. The van der Waals surface area contributed by atoms with Crippen molar-refractivity contribution in [1.29, 1.82) is 0 Å². The highest BCUT2D eigenvalue weighted by atomic mass is 32.1. The molecule has 2 heterocycles. The van der Waals surface area contributed by atoms with Crippen molar-refractivity contribution in [1.82, 2.24) is 4.98 Å². The molecular weight excluding hydrogens is 272 g/mol. The summed E-state index contributed by atoms with van der Waals surface area (Å²) in [5, 5.41) is 1.53.